The van der Waals surface area contributed by atoms with Crippen LogP contribution in [0.5, 0.6) is 5.75 Å². The van der Waals surface area contributed by atoms with Crippen LogP contribution in [-0.4, -0.2) is 74.5 Å². The second-order valence-corrected chi connectivity index (χ2v) is 14.4. The molecule has 1 aliphatic heterocycles. The van der Waals surface area contributed by atoms with Crippen LogP contribution in [-0.2, 0) is 22.5 Å². The maximum atomic E-state index is 13.4. The summed E-state index contributed by atoms with van der Waals surface area (Å²) in [5.74, 6) is 1.63. The summed E-state index contributed by atoms with van der Waals surface area (Å²) in [5.41, 5.74) is 3.68. The lowest BCUT2D eigenvalue weighted by atomic mass is 10.1. The Morgan fingerprint density at radius 2 is 1.80 bits per heavy atom. The van der Waals surface area contributed by atoms with Crippen molar-refractivity contribution in [1.82, 2.24) is 19.7 Å². The number of hydrogen-bond acceptors (Lipinski definition) is 9. The minimum Gasteiger partial charge on any atom is -0.488 e. The Kier molecular flexibility index (Phi) is 12.0. The topological polar surface area (TPSA) is 152 Å². The number of aliphatic hydroxyl groups is 1. The summed E-state index contributed by atoms with van der Waals surface area (Å²) in [6.07, 6.45) is 2.83. The van der Waals surface area contributed by atoms with Crippen LogP contribution in [0.3, 0.4) is 0 Å². The Balaban J connectivity index is 1.12. The number of benzene rings is 3. The lowest BCUT2D eigenvalue weighted by molar-refractivity contribution is -0.0605. The van der Waals surface area contributed by atoms with Crippen molar-refractivity contribution in [2.24, 2.45) is 0 Å². The smallest absolute Gasteiger partial charge is 0.410 e. The highest BCUT2D eigenvalue weighted by molar-refractivity contribution is 6.07. The lowest BCUT2D eigenvalue weighted by Crippen LogP contribution is -2.57. The number of urea groups is 1. The number of nitrogens with zero attached hydrogens (tertiary/aromatic N) is 4. The second-order valence-electron chi connectivity index (χ2n) is 14.4. The predicted molar refractivity (Wildman–Crippen MR) is 209 cm³/mol. The minimum absolute atomic E-state index is 0.147. The molecule has 1 unspecified atom stereocenters. The minimum atomic E-state index is -1.16. The number of pyridine rings is 1. The maximum absolute atomic E-state index is 13.4. The maximum Gasteiger partial charge on any atom is 0.410 e. The molecule has 0 saturated carbocycles. The van der Waals surface area contributed by atoms with Crippen molar-refractivity contribution in [3.63, 3.8) is 0 Å². The molecule has 3 heterocycles. The van der Waals surface area contributed by atoms with Crippen LogP contribution in [0.4, 0.5) is 26.9 Å². The number of carbonyl (C=O) groups excluding carboxylic acids is 2. The van der Waals surface area contributed by atoms with Gasteiger partial charge in [0.05, 0.1) is 30.3 Å². The molecule has 0 radical (unpaired) electrons. The fourth-order valence-electron chi connectivity index (χ4n) is 6.14. The van der Waals surface area contributed by atoms with E-state index in [2.05, 4.69) is 27.9 Å². The van der Waals surface area contributed by atoms with Gasteiger partial charge in [0.25, 0.3) is 0 Å². The largest absolute Gasteiger partial charge is 0.488 e. The van der Waals surface area contributed by atoms with Crippen LogP contribution in [0.15, 0.2) is 85.1 Å². The fourth-order valence-corrected chi connectivity index (χ4v) is 6.14. The second kappa shape index (κ2) is 17.0. The van der Waals surface area contributed by atoms with Gasteiger partial charge in [0.1, 0.15) is 41.9 Å². The van der Waals surface area contributed by atoms with Crippen molar-refractivity contribution in [2.75, 3.05) is 35.7 Å². The first-order valence-corrected chi connectivity index (χ1v) is 18.3. The average molecular weight is 736 g/mol. The molecule has 2 atom stereocenters. The summed E-state index contributed by atoms with van der Waals surface area (Å²) in [5, 5.41) is 26.5. The van der Waals surface area contributed by atoms with Gasteiger partial charge < -0.3 is 30.0 Å². The summed E-state index contributed by atoms with van der Waals surface area (Å²) in [6.45, 7) is 10.6. The Labute approximate surface area is 315 Å². The SMILES string of the molecule is CCCCc1cc(NC(=O)Nc2ccc(OCc3ccnc(N[C@H](O)C4COCCN4C(=O)OC(C)(C)C)c3)c3ccccc23)n(-c2ccc(C)cc2)n1. The van der Waals surface area contributed by atoms with Gasteiger partial charge in [-0.3, -0.25) is 10.2 Å². The summed E-state index contributed by atoms with van der Waals surface area (Å²) >= 11 is 0. The number of unbranched alkanes of at least 4 members (excludes halogenated alkanes) is 1. The highest BCUT2D eigenvalue weighted by Gasteiger charge is 2.35. The van der Waals surface area contributed by atoms with Gasteiger partial charge in [-0.1, -0.05) is 55.3 Å². The van der Waals surface area contributed by atoms with E-state index in [9.17, 15) is 14.7 Å². The number of morpholine rings is 1. The van der Waals surface area contributed by atoms with Crippen LogP contribution in [0.1, 0.15) is 57.4 Å². The van der Waals surface area contributed by atoms with Crippen molar-refractivity contribution in [3.8, 4) is 11.4 Å². The lowest BCUT2D eigenvalue weighted by Gasteiger charge is -2.38. The van der Waals surface area contributed by atoms with E-state index in [0.29, 0.717) is 36.2 Å². The van der Waals surface area contributed by atoms with Crippen molar-refractivity contribution in [3.05, 3.63) is 102 Å². The van der Waals surface area contributed by atoms with Gasteiger partial charge in [-0.15, -0.1) is 0 Å². The standard InChI is InChI=1S/C41H49N7O6/c1-6-7-10-29-24-37(48(46-29)30-15-13-27(2)14-16-30)45-39(50)43-33-17-18-35(32-12-9-8-11-31(32)33)53-25-28-19-20-42-36(23-28)44-38(49)34-26-52-22-21-47(34)40(51)54-41(3,4)5/h8-9,11-20,23-24,34,38,49H,6-7,10,21-22,25-26H2,1-5H3,(H,42,44)(H2,43,45,50)/t34?,38-/m1/s1. The number of aryl methyl sites for hydroxylation is 2. The molecule has 1 aliphatic rings. The number of aliphatic hydroxyl groups excluding tert-OH is 1. The van der Waals surface area contributed by atoms with Gasteiger partial charge in [0.15, 0.2) is 0 Å². The summed E-state index contributed by atoms with van der Waals surface area (Å²) < 4.78 is 19.2. The molecule has 6 rings (SSSR count). The molecule has 0 bridgehead atoms. The monoisotopic (exact) mass is 735 g/mol. The number of nitrogens with one attached hydrogen (secondary N) is 3. The predicted octanol–water partition coefficient (Wildman–Crippen LogP) is 7.66. The third-order valence-corrected chi connectivity index (χ3v) is 8.87. The molecule has 13 heteroatoms. The van der Waals surface area contributed by atoms with E-state index in [1.54, 1.807) is 37.7 Å². The van der Waals surface area contributed by atoms with Gasteiger partial charge in [-0.2, -0.15) is 5.10 Å². The van der Waals surface area contributed by atoms with Crippen LogP contribution >= 0.6 is 0 Å². The Morgan fingerprint density at radius 3 is 2.56 bits per heavy atom. The highest BCUT2D eigenvalue weighted by Crippen LogP contribution is 2.33. The van der Waals surface area contributed by atoms with E-state index >= 15 is 0 Å². The molecule has 4 N–H and O–H groups in total. The van der Waals surface area contributed by atoms with Crippen molar-refractivity contribution < 1.29 is 28.9 Å². The molecular formula is C41H49N7O6. The molecule has 3 aromatic carbocycles. The fraction of sp³-hybridized carbons (Fsp3) is 0.366. The average Bonchev–Trinajstić information content (AvgIpc) is 3.55. The molecule has 54 heavy (non-hydrogen) atoms. The number of anilines is 3. The summed E-state index contributed by atoms with van der Waals surface area (Å²) in [4.78, 5) is 32.1. The molecule has 284 valence electrons. The van der Waals surface area contributed by atoms with E-state index in [1.807, 2.05) is 79.7 Å². The van der Waals surface area contributed by atoms with Gasteiger partial charge in [0.2, 0.25) is 0 Å². The van der Waals surface area contributed by atoms with E-state index in [1.165, 1.54) is 4.90 Å². The van der Waals surface area contributed by atoms with E-state index < -0.39 is 30.0 Å². The highest BCUT2D eigenvalue weighted by atomic mass is 16.6. The third-order valence-electron chi connectivity index (χ3n) is 8.87. The third kappa shape index (κ3) is 9.65. The van der Waals surface area contributed by atoms with Gasteiger partial charge in [-0.05, 0) is 82.5 Å². The summed E-state index contributed by atoms with van der Waals surface area (Å²) in [6, 6.07) is 23.8. The molecule has 2 aromatic heterocycles. The number of rotatable bonds is 12. The Bertz CT molecular complexity index is 2060. The van der Waals surface area contributed by atoms with Crippen molar-refractivity contribution in [2.45, 2.75) is 78.4 Å². The Morgan fingerprint density at radius 1 is 1.02 bits per heavy atom. The molecule has 3 amide bonds. The number of carbonyl (C=O) groups is 2. The van der Waals surface area contributed by atoms with E-state index in [4.69, 9.17) is 19.3 Å². The van der Waals surface area contributed by atoms with Crippen molar-refractivity contribution in [1.29, 1.82) is 0 Å². The first-order valence-electron chi connectivity index (χ1n) is 18.3. The van der Waals surface area contributed by atoms with Crippen LogP contribution in [0, 0.1) is 6.92 Å². The van der Waals surface area contributed by atoms with E-state index in [-0.39, 0.29) is 13.2 Å². The zero-order chi connectivity index (χ0) is 38.2. The molecule has 0 aliphatic carbocycles. The first-order chi connectivity index (χ1) is 26.0. The molecule has 0 spiro atoms. The molecular weight excluding hydrogens is 686 g/mol. The number of aromatic nitrogens is 3. The molecule has 13 nitrogen and oxygen atoms in total. The first kappa shape index (κ1) is 38.1. The Hall–Kier alpha value is -5.66. The molecule has 1 fully saturated rings. The number of hydrogen-bond donors (Lipinski definition) is 4. The van der Waals surface area contributed by atoms with Gasteiger partial charge in [-0.25, -0.2) is 19.3 Å². The van der Waals surface area contributed by atoms with E-state index in [0.717, 1.165) is 52.5 Å². The van der Waals surface area contributed by atoms with Crippen LogP contribution < -0.4 is 20.7 Å². The quantitative estimate of drug-likeness (QED) is 0.0947. The van der Waals surface area contributed by atoms with Gasteiger partial charge in [0, 0.05) is 29.6 Å². The zero-order valence-corrected chi connectivity index (χ0v) is 31.5. The van der Waals surface area contributed by atoms with Crippen LogP contribution in [0.2, 0.25) is 0 Å². The number of ether oxygens (including phenoxy) is 3. The molecule has 5 aromatic rings. The number of amides is 3. The normalized spacial score (nSPS) is 15.1. The van der Waals surface area contributed by atoms with Crippen LogP contribution in [0.25, 0.3) is 16.5 Å². The zero-order valence-electron chi connectivity index (χ0n) is 31.5. The summed E-state index contributed by atoms with van der Waals surface area (Å²) in [7, 11) is 0. The van der Waals surface area contributed by atoms with Gasteiger partial charge >= 0.3 is 12.1 Å². The molecule has 1 saturated heterocycles. The van der Waals surface area contributed by atoms with Crippen molar-refractivity contribution >= 4 is 40.2 Å². The number of fused-ring (bicyclic) bond motifs is 1.